The smallest absolute Gasteiger partial charge is 0.354 e. The molecule has 0 amide bonds. The topological polar surface area (TPSA) is 66.0 Å². The van der Waals surface area contributed by atoms with Crippen molar-refractivity contribution >= 4 is 53.2 Å². The first-order valence-corrected chi connectivity index (χ1v) is 8.54. The largest absolute Gasteiger partial charge is 0.477 e. The van der Waals surface area contributed by atoms with Crippen LogP contribution >= 0.6 is 47.2 Å². The summed E-state index contributed by atoms with van der Waals surface area (Å²) < 4.78 is 0. The van der Waals surface area contributed by atoms with E-state index in [-0.39, 0.29) is 24.0 Å². The molecule has 2 N–H and O–H groups in total. The molecule has 136 valence electrons. The fraction of sp³-hybridized carbons (Fsp3) is 0.111. The number of aromatic amines is 1. The highest BCUT2D eigenvalue weighted by atomic mass is 35.5. The van der Waals surface area contributed by atoms with Gasteiger partial charge in [0.15, 0.2) is 0 Å². The number of benzene rings is 2. The number of rotatable bonds is 4. The van der Waals surface area contributed by atoms with Gasteiger partial charge in [0.1, 0.15) is 5.69 Å². The summed E-state index contributed by atoms with van der Waals surface area (Å²) in [4.78, 5) is 11.6. The Kier molecular flexibility index (Phi) is 6.58. The third-order valence-corrected chi connectivity index (χ3v) is 4.81. The molecule has 2 aromatic carbocycles. The van der Waals surface area contributed by atoms with Gasteiger partial charge >= 0.3 is 5.97 Å². The van der Waals surface area contributed by atoms with Gasteiger partial charge in [-0.3, -0.25) is 5.10 Å². The Balaban J connectivity index is 0.00000243. The van der Waals surface area contributed by atoms with E-state index in [0.717, 1.165) is 11.1 Å². The highest BCUT2D eigenvalue weighted by molar-refractivity contribution is 6.35. The molecule has 0 saturated carbocycles. The molecule has 1 atom stereocenters. The van der Waals surface area contributed by atoms with Crippen LogP contribution in [-0.2, 0) is 0 Å². The number of halogens is 4. The number of H-pyrrole nitrogens is 1. The summed E-state index contributed by atoms with van der Waals surface area (Å²) in [6.45, 7) is 1.88. The number of hydrogen-bond acceptors (Lipinski definition) is 2. The number of carboxylic acids is 1. The maximum absolute atomic E-state index is 11.6. The van der Waals surface area contributed by atoms with Crippen molar-refractivity contribution in [2.45, 2.75) is 12.8 Å². The zero-order valence-electron chi connectivity index (χ0n) is 13.5. The zero-order valence-corrected chi connectivity index (χ0v) is 16.5. The van der Waals surface area contributed by atoms with E-state index in [1.165, 1.54) is 0 Å². The van der Waals surface area contributed by atoms with E-state index >= 15 is 0 Å². The molecule has 1 unspecified atom stereocenters. The highest BCUT2D eigenvalue weighted by Crippen LogP contribution is 2.38. The lowest BCUT2D eigenvalue weighted by Gasteiger charge is -2.15. The van der Waals surface area contributed by atoms with Crippen molar-refractivity contribution in [1.29, 1.82) is 0 Å². The average molecular weight is 432 g/mol. The minimum atomic E-state index is -1.08. The first kappa shape index (κ1) is 20.6. The molecule has 0 aliphatic rings. The van der Waals surface area contributed by atoms with Gasteiger partial charge in [-0.05, 0) is 29.8 Å². The lowest BCUT2D eigenvalue weighted by Crippen LogP contribution is -2.06. The van der Waals surface area contributed by atoms with Gasteiger partial charge in [0, 0.05) is 32.1 Å². The molecule has 0 bridgehead atoms. The summed E-state index contributed by atoms with van der Waals surface area (Å²) in [6.07, 6.45) is 0. The first-order valence-electron chi connectivity index (χ1n) is 7.41. The predicted molar refractivity (Wildman–Crippen MR) is 107 cm³/mol. The van der Waals surface area contributed by atoms with E-state index < -0.39 is 5.97 Å². The SMILES string of the molecule is CC(c1ccc(Cl)cc1Cl)c1c(-c2ccc(Cl)cc2)n[nH]c1C(=O)O.Cl. The number of aromatic carboxylic acids is 1. The van der Waals surface area contributed by atoms with Gasteiger partial charge in [0.05, 0.1) is 5.69 Å². The summed E-state index contributed by atoms with van der Waals surface area (Å²) in [5.74, 6) is -1.39. The Morgan fingerprint density at radius 2 is 1.69 bits per heavy atom. The first-order chi connectivity index (χ1) is 11.9. The quantitative estimate of drug-likeness (QED) is 0.508. The van der Waals surface area contributed by atoms with Crippen molar-refractivity contribution in [2.24, 2.45) is 0 Å². The molecule has 8 heteroatoms. The van der Waals surface area contributed by atoms with Gasteiger partial charge in [-0.15, -0.1) is 12.4 Å². The molecular formula is C18H14Cl4N2O2. The molecule has 3 aromatic rings. The summed E-state index contributed by atoms with van der Waals surface area (Å²) >= 11 is 18.2. The van der Waals surface area contributed by atoms with E-state index in [9.17, 15) is 9.90 Å². The number of carboxylic acid groups (broad SMARTS) is 1. The molecule has 0 spiro atoms. The van der Waals surface area contributed by atoms with Crippen LogP contribution in [0.4, 0.5) is 0 Å². The highest BCUT2D eigenvalue weighted by Gasteiger charge is 2.26. The van der Waals surface area contributed by atoms with Crippen molar-refractivity contribution in [2.75, 3.05) is 0 Å². The summed E-state index contributed by atoms with van der Waals surface area (Å²) in [7, 11) is 0. The number of nitrogens with one attached hydrogen (secondary N) is 1. The number of hydrogen-bond donors (Lipinski definition) is 2. The minimum absolute atomic E-state index is 0. The zero-order chi connectivity index (χ0) is 18.1. The Bertz CT molecular complexity index is 939. The van der Waals surface area contributed by atoms with E-state index in [1.807, 2.05) is 6.92 Å². The van der Waals surface area contributed by atoms with Crippen molar-refractivity contribution in [3.63, 3.8) is 0 Å². The molecule has 1 aromatic heterocycles. The second kappa shape index (κ2) is 8.31. The van der Waals surface area contributed by atoms with Crippen LogP contribution in [0.1, 0.15) is 34.5 Å². The van der Waals surface area contributed by atoms with Crippen LogP contribution in [0.25, 0.3) is 11.3 Å². The van der Waals surface area contributed by atoms with Crippen LogP contribution in [0.15, 0.2) is 42.5 Å². The molecule has 0 aliphatic heterocycles. The molecule has 26 heavy (non-hydrogen) atoms. The summed E-state index contributed by atoms with van der Waals surface area (Å²) in [6, 6.07) is 12.2. The fourth-order valence-electron chi connectivity index (χ4n) is 2.77. The maximum atomic E-state index is 11.6. The van der Waals surface area contributed by atoms with Crippen molar-refractivity contribution in [3.05, 3.63) is 74.4 Å². The maximum Gasteiger partial charge on any atom is 0.354 e. The van der Waals surface area contributed by atoms with Crippen LogP contribution in [0.5, 0.6) is 0 Å². The van der Waals surface area contributed by atoms with Gasteiger partial charge in [-0.2, -0.15) is 5.10 Å². The number of carbonyl (C=O) groups is 1. The van der Waals surface area contributed by atoms with Gasteiger partial charge in [0.2, 0.25) is 0 Å². The molecule has 1 heterocycles. The summed E-state index contributed by atoms with van der Waals surface area (Å²) in [5.41, 5.74) is 2.67. The van der Waals surface area contributed by atoms with Gasteiger partial charge in [-0.25, -0.2) is 4.79 Å². The lowest BCUT2D eigenvalue weighted by atomic mass is 9.89. The van der Waals surface area contributed by atoms with Crippen LogP contribution < -0.4 is 0 Å². The monoisotopic (exact) mass is 430 g/mol. The molecule has 0 radical (unpaired) electrons. The van der Waals surface area contributed by atoms with E-state index in [0.29, 0.717) is 26.3 Å². The van der Waals surface area contributed by atoms with Gasteiger partial charge in [0.25, 0.3) is 0 Å². The number of nitrogens with zero attached hydrogens (tertiary/aromatic N) is 1. The lowest BCUT2D eigenvalue weighted by molar-refractivity contribution is 0.0689. The van der Waals surface area contributed by atoms with Crippen LogP contribution in [0, 0.1) is 0 Å². The van der Waals surface area contributed by atoms with E-state index in [4.69, 9.17) is 34.8 Å². The Labute approximate surface area is 171 Å². The second-order valence-corrected chi connectivity index (χ2v) is 6.84. The van der Waals surface area contributed by atoms with Crippen molar-refractivity contribution in [3.8, 4) is 11.3 Å². The molecule has 0 fully saturated rings. The number of aromatic nitrogens is 2. The second-order valence-electron chi connectivity index (χ2n) is 5.56. The third kappa shape index (κ3) is 3.99. The molecule has 0 saturated heterocycles. The Morgan fingerprint density at radius 3 is 2.27 bits per heavy atom. The fourth-order valence-corrected chi connectivity index (χ4v) is 3.47. The average Bonchev–Trinajstić information content (AvgIpc) is 3.00. The molecule has 3 rings (SSSR count). The van der Waals surface area contributed by atoms with Gasteiger partial charge in [-0.1, -0.05) is 59.9 Å². The Hall–Kier alpha value is -1.72. The molecule has 4 nitrogen and oxygen atoms in total. The van der Waals surface area contributed by atoms with E-state index in [1.54, 1.807) is 42.5 Å². The minimum Gasteiger partial charge on any atom is -0.477 e. The molecular weight excluding hydrogens is 418 g/mol. The molecule has 0 aliphatic carbocycles. The normalized spacial score (nSPS) is 11.7. The van der Waals surface area contributed by atoms with Crippen LogP contribution in [0.3, 0.4) is 0 Å². The van der Waals surface area contributed by atoms with Crippen LogP contribution in [0.2, 0.25) is 15.1 Å². The predicted octanol–water partition coefficient (Wildman–Crippen LogP) is 6.31. The van der Waals surface area contributed by atoms with Crippen molar-refractivity contribution in [1.82, 2.24) is 10.2 Å². The van der Waals surface area contributed by atoms with Gasteiger partial charge < -0.3 is 5.11 Å². The van der Waals surface area contributed by atoms with Crippen molar-refractivity contribution < 1.29 is 9.90 Å². The Morgan fingerprint density at radius 1 is 1.08 bits per heavy atom. The third-order valence-electron chi connectivity index (χ3n) is 4.00. The van der Waals surface area contributed by atoms with E-state index in [2.05, 4.69) is 10.2 Å². The van der Waals surface area contributed by atoms with Crippen LogP contribution in [-0.4, -0.2) is 21.3 Å². The summed E-state index contributed by atoms with van der Waals surface area (Å²) in [5, 5.41) is 17.9. The standard InChI is InChI=1S/C18H13Cl3N2O2.ClH/c1-9(13-7-6-12(20)8-14(13)21)15-16(22-23-17(15)18(24)25)10-2-4-11(19)5-3-10;/h2-9H,1H3,(H,22,23)(H,24,25);1H.